The Balaban J connectivity index is 1.09. The Morgan fingerprint density at radius 1 is 0.538 bits per heavy atom. The molecule has 2 saturated heterocycles. The molecular weight excluding hydrogens is 652 g/mol. The number of carbonyl (C=O) groups is 2. The summed E-state index contributed by atoms with van der Waals surface area (Å²) in [5.74, 6) is -0.221. The average Bonchev–Trinajstić information content (AvgIpc) is 3.05. The number of piperidine rings is 2. The van der Waals surface area contributed by atoms with Crippen molar-refractivity contribution < 1.29 is 28.7 Å². The van der Waals surface area contributed by atoms with Gasteiger partial charge < -0.3 is 9.47 Å². The summed E-state index contributed by atoms with van der Waals surface area (Å²) >= 11 is 0. The van der Waals surface area contributed by atoms with Crippen LogP contribution >= 0.6 is 0 Å². The number of hydrogen-bond donors (Lipinski definition) is 0. The first-order chi connectivity index (χ1) is 24.4. The van der Waals surface area contributed by atoms with Gasteiger partial charge in [0.25, 0.3) is 0 Å². The second kappa shape index (κ2) is 18.0. The number of ether oxygens (including phenoxy) is 2. The van der Waals surface area contributed by atoms with E-state index in [-0.39, 0.29) is 58.5 Å². The fourth-order valence-electron chi connectivity index (χ4n) is 8.70. The molecule has 0 spiro atoms. The molecule has 0 radical (unpaired) electrons. The Hall–Kier alpha value is -2.78. The van der Waals surface area contributed by atoms with Gasteiger partial charge in [-0.15, -0.1) is 0 Å². The van der Waals surface area contributed by atoms with Gasteiger partial charge >= 0.3 is 11.9 Å². The second-order valence-corrected chi connectivity index (χ2v) is 17.8. The summed E-state index contributed by atoms with van der Waals surface area (Å²) in [7, 11) is 0. The first kappa shape index (κ1) is 42.0. The number of hydroxylamine groups is 4. The van der Waals surface area contributed by atoms with Gasteiger partial charge in [-0.25, -0.2) is 0 Å². The molecule has 2 atom stereocenters. The van der Waals surface area contributed by atoms with Crippen LogP contribution in [-0.2, 0) is 28.7 Å². The molecule has 4 rings (SSSR count). The summed E-state index contributed by atoms with van der Waals surface area (Å²) in [4.78, 5) is 38.7. The van der Waals surface area contributed by atoms with Gasteiger partial charge in [-0.2, -0.15) is 10.1 Å². The van der Waals surface area contributed by atoms with Crippen LogP contribution in [0.25, 0.3) is 0 Å². The predicted molar refractivity (Wildman–Crippen MR) is 207 cm³/mol. The number of unbranched alkanes of at least 4 members (excludes halogenated alkanes) is 5. The van der Waals surface area contributed by atoms with Crippen LogP contribution in [0.1, 0.15) is 170 Å². The van der Waals surface area contributed by atoms with Crippen LogP contribution < -0.4 is 0 Å². The molecule has 2 aliphatic heterocycles. The summed E-state index contributed by atoms with van der Waals surface area (Å²) < 4.78 is 12.0. The van der Waals surface area contributed by atoms with Gasteiger partial charge in [0.1, 0.15) is 24.4 Å². The number of carbonyl (C=O) groups excluding carboxylic acids is 2. The van der Waals surface area contributed by atoms with Crippen molar-refractivity contribution in [3.05, 3.63) is 71.8 Å². The molecule has 0 N–H and O–H groups in total. The molecule has 0 saturated carbocycles. The molecule has 2 aliphatic rings. The highest BCUT2D eigenvalue weighted by Gasteiger charge is 2.49. The predicted octanol–water partition coefficient (Wildman–Crippen LogP) is 10.6. The first-order valence-electron chi connectivity index (χ1n) is 19.8. The summed E-state index contributed by atoms with van der Waals surface area (Å²) in [5, 5.41) is 4.24. The van der Waals surface area contributed by atoms with Gasteiger partial charge in [0.15, 0.2) is 0 Å². The zero-order valence-corrected chi connectivity index (χ0v) is 33.9. The van der Waals surface area contributed by atoms with Gasteiger partial charge in [0.05, 0.1) is 0 Å². The van der Waals surface area contributed by atoms with E-state index in [2.05, 4.69) is 104 Å². The van der Waals surface area contributed by atoms with Crippen molar-refractivity contribution in [3.63, 3.8) is 0 Å². The maximum Gasteiger partial charge on any atom is 0.306 e. The van der Waals surface area contributed by atoms with Gasteiger partial charge in [0, 0.05) is 60.7 Å². The van der Waals surface area contributed by atoms with Gasteiger partial charge in [-0.1, -0.05) is 86.3 Å². The van der Waals surface area contributed by atoms with Crippen molar-refractivity contribution in [2.24, 2.45) is 0 Å². The third kappa shape index (κ3) is 11.9. The molecule has 2 fully saturated rings. The highest BCUT2D eigenvalue weighted by atomic mass is 16.7. The molecular formula is C44H68N2O6. The monoisotopic (exact) mass is 721 g/mol. The minimum absolute atomic E-state index is 0.0720. The van der Waals surface area contributed by atoms with Crippen LogP contribution in [0.3, 0.4) is 0 Å². The molecule has 2 aromatic carbocycles. The Bertz CT molecular complexity index is 1260. The van der Waals surface area contributed by atoms with E-state index in [1.165, 1.54) is 0 Å². The van der Waals surface area contributed by atoms with E-state index in [0.717, 1.165) is 75.3 Å². The lowest BCUT2D eigenvalue weighted by molar-refractivity contribution is -0.314. The van der Waals surface area contributed by atoms with Gasteiger partial charge in [0.2, 0.25) is 0 Å². The van der Waals surface area contributed by atoms with Crippen molar-refractivity contribution in [2.45, 2.75) is 193 Å². The largest absolute Gasteiger partial charge is 0.462 e. The Kier molecular flexibility index (Phi) is 14.6. The van der Waals surface area contributed by atoms with Crippen molar-refractivity contribution in [1.29, 1.82) is 0 Å². The standard InChI is InChI=1S/C44H68N2O6/c1-33(35-23-17-15-18-24-35)51-45-41(3,4)29-37(30-42(45,5)6)49-39(47)27-21-13-11-12-14-22-28-40(48)50-38-31-43(7,8)46(44(9,10)32-38)52-34(2)36-25-19-16-20-26-36/h15-20,23-26,33-34,37-38H,11-14,21-22,27-32H2,1-10H3. The normalized spacial score (nSPS) is 21.7. The highest BCUT2D eigenvalue weighted by Crippen LogP contribution is 2.43. The lowest BCUT2D eigenvalue weighted by Crippen LogP contribution is -2.62. The average molecular weight is 721 g/mol. The minimum atomic E-state index is -0.288. The molecule has 2 unspecified atom stereocenters. The summed E-state index contributed by atoms with van der Waals surface area (Å²) in [6.45, 7) is 21.5. The molecule has 2 heterocycles. The molecule has 0 aromatic heterocycles. The maximum absolute atomic E-state index is 12.8. The van der Waals surface area contributed by atoms with E-state index in [0.29, 0.717) is 12.8 Å². The molecule has 52 heavy (non-hydrogen) atoms. The first-order valence-corrected chi connectivity index (χ1v) is 19.8. The number of rotatable bonds is 17. The van der Waals surface area contributed by atoms with Gasteiger partial charge in [-0.3, -0.25) is 19.3 Å². The smallest absolute Gasteiger partial charge is 0.306 e. The van der Waals surface area contributed by atoms with Crippen LogP contribution in [-0.4, -0.2) is 56.4 Å². The second-order valence-electron chi connectivity index (χ2n) is 17.8. The summed E-state index contributed by atoms with van der Waals surface area (Å²) in [5.41, 5.74) is 1.13. The van der Waals surface area contributed by atoms with Crippen LogP contribution in [0.2, 0.25) is 0 Å². The Labute approximate surface area is 314 Å². The third-order valence-electron chi connectivity index (χ3n) is 10.8. The summed E-state index contributed by atoms with van der Waals surface area (Å²) in [6, 6.07) is 20.5. The van der Waals surface area contributed by atoms with Crippen molar-refractivity contribution >= 4 is 11.9 Å². The van der Waals surface area contributed by atoms with Crippen molar-refractivity contribution in [2.75, 3.05) is 0 Å². The zero-order chi connectivity index (χ0) is 38.2. The van der Waals surface area contributed by atoms with Gasteiger partial charge in [-0.05, 0) is 93.2 Å². The summed E-state index contributed by atoms with van der Waals surface area (Å²) in [6.07, 6.45) is 9.06. The zero-order valence-electron chi connectivity index (χ0n) is 33.9. The SMILES string of the molecule is CC(ON1C(C)(C)CC(OC(=O)CCCCCCCCC(=O)OC2CC(C)(C)N(OC(C)c3ccccc3)C(C)(C)C2)CC1(C)C)c1ccccc1. The van der Waals surface area contributed by atoms with Crippen LogP contribution in [0, 0.1) is 0 Å². The fraction of sp³-hybridized carbons (Fsp3) is 0.682. The van der Waals surface area contributed by atoms with Crippen LogP contribution in [0.15, 0.2) is 60.7 Å². The van der Waals surface area contributed by atoms with E-state index in [4.69, 9.17) is 19.1 Å². The van der Waals surface area contributed by atoms with E-state index in [1.54, 1.807) is 0 Å². The van der Waals surface area contributed by atoms with E-state index in [9.17, 15) is 9.59 Å². The molecule has 2 aromatic rings. The van der Waals surface area contributed by atoms with Crippen molar-refractivity contribution in [1.82, 2.24) is 10.1 Å². The molecule has 8 heteroatoms. The molecule has 0 bridgehead atoms. The molecule has 8 nitrogen and oxygen atoms in total. The lowest BCUT2D eigenvalue weighted by atomic mass is 9.80. The number of hydrogen-bond acceptors (Lipinski definition) is 8. The molecule has 0 amide bonds. The number of benzene rings is 2. The van der Waals surface area contributed by atoms with Crippen LogP contribution in [0.5, 0.6) is 0 Å². The quantitative estimate of drug-likeness (QED) is 0.118. The maximum atomic E-state index is 12.8. The number of esters is 2. The number of nitrogens with zero attached hydrogens (tertiary/aromatic N) is 2. The molecule has 0 aliphatic carbocycles. The fourth-order valence-corrected chi connectivity index (χ4v) is 8.70. The highest BCUT2D eigenvalue weighted by molar-refractivity contribution is 5.70. The molecule has 290 valence electrons. The lowest BCUT2D eigenvalue weighted by Gasteiger charge is -2.54. The van der Waals surface area contributed by atoms with Crippen LogP contribution in [0.4, 0.5) is 0 Å². The Morgan fingerprint density at radius 3 is 1.13 bits per heavy atom. The topological polar surface area (TPSA) is 77.5 Å². The third-order valence-corrected chi connectivity index (χ3v) is 10.8. The Morgan fingerprint density at radius 2 is 0.827 bits per heavy atom. The van der Waals surface area contributed by atoms with E-state index in [1.807, 2.05) is 36.4 Å². The van der Waals surface area contributed by atoms with E-state index < -0.39 is 0 Å². The van der Waals surface area contributed by atoms with Crippen molar-refractivity contribution in [3.8, 4) is 0 Å². The van der Waals surface area contributed by atoms with E-state index >= 15 is 0 Å². The minimum Gasteiger partial charge on any atom is -0.462 e.